The monoisotopic (exact) mass is 451 g/mol. The van der Waals surface area contributed by atoms with Crippen LogP contribution in [0.25, 0.3) is 0 Å². The Labute approximate surface area is 110 Å². The summed E-state index contributed by atoms with van der Waals surface area (Å²) in [7, 11) is 0. The first-order valence-electron chi connectivity index (χ1n) is 4.16. The van der Waals surface area contributed by atoms with Crippen LogP contribution in [0.4, 0.5) is 17.1 Å². The Morgan fingerprint density at radius 1 is 0.889 bits per heavy atom. The first-order chi connectivity index (χ1) is 8.43. The third-order valence-electron chi connectivity index (χ3n) is 2.03. The van der Waals surface area contributed by atoms with Gasteiger partial charge >= 0.3 is 110 Å². The summed E-state index contributed by atoms with van der Waals surface area (Å²) < 4.78 is 9.74. The molecule has 0 aliphatic carbocycles. The van der Waals surface area contributed by atoms with Crippen LogP contribution in [-0.4, -0.2) is 39.9 Å². The predicted octanol–water partition coefficient (Wildman–Crippen LogP) is 0.717. The van der Waals surface area contributed by atoms with Crippen molar-refractivity contribution in [2.75, 3.05) is 0 Å². The molecule has 0 unspecified atom stereocenters. The summed E-state index contributed by atoms with van der Waals surface area (Å²) in [5, 5.41) is 32.3. The molecule has 0 spiro atoms. The summed E-state index contributed by atoms with van der Waals surface area (Å²) in [4.78, 5) is 29.3. The molecule has 11 nitrogen and oxygen atoms in total. The van der Waals surface area contributed by atoms with Crippen LogP contribution in [0.5, 0.6) is 11.5 Å². The second kappa shape index (κ2) is 4.32. The second-order valence-electron chi connectivity index (χ2n) is 2.98. The molecule has 12 heteroatoms. The first kappa shape index (κ1) is 12.4. The zero-order valence-corrected chi connectivity index (χ0v) is 12.1. The van der Waals surface area contributed by atoms with E-state index in [0.717, 1.165) is 0 Å². The molecule has 0 saturated carbocycles. The summed E-state index contributed by atoms with van der Waals surface area (Å²) in [6.45, 7) is 0. The van der Waals surface area contributed by atoms with E-state index in [1.807, 2.05) is 0 Å². The van der Waals surface area contributed by atoms with Gasteiger partial charge in [-0.05, 0) is 0 Å². The molecule has 92 valence electrons. The summed E-state index contributed by atoms with van der Waals surface area (Å²) in [6, 6.07) is 0.597. The number of nitro benzene ring substituents is 3. The normalized spacial score (nSPS) is 12.2. The molecule has 1 aromatic rings. The first-order valence-corrected chi connectivity index (χ1v) is 7.33. The van der Waals surface area contributed by atoms with Crippen molar-refractivity contribution < 1.29 is 20.1 Å². The van der Waals surface area contributed by atoms with Gasteiger partial charge in [0.05, 0.1) is 0 Å². The molecule has 0 saturated heterocycles. The Hall–Kier alpha value is -2.06. The van der Waals surface area contributed by atoms with Crippen LogP contribution in [-0.2, 0) is 0 Å². The van der Waals surface area contributed by atoms with Gasteiger partial charge in [-0.25, -0.2) is 0 Å². The molecular formula is C6HN3O8Pb. The molecule has 0 fully saturated rings. The van der Waals surface area contributed by atoms with Crippen molar-refractivity contribution in [3.63, 3.8) is 0 Å². The maximum atomic E-state index is 10.8. The van der Waals surface area contributed by atoms with Crippen LogP contribution in [0.3, 0.4) is 0 Å². The molecule has 1 aliphatic heterocycles. The van der Waals surface area contributed by atoms with Gasteiger partial charge in [-0.3, -0.25) is 0 Å². The molecule has 0 atom stereocenters. The van der Waals surface area contributed by atoms with E-state index < -0.39 is 68.5 Å². The molecule has 18 heavy (non-hydrogen) atoms. The predicted molar refractivity (Wildman–Crippen MR) is 53.4 cm³/mol. The summed E-state index contributed by atoms with van der Waals surface area (Å²) >= 11 is -2.30. The van der Waals surface area contributed by atoms with Crippen LogP contribution in [0.15, 0.2) is 6.07 Å². The maximum absolute atomic E-state index is 10.8. The van der Waals surface area contributed by atoms with E-state index >= 15 is 0 Å². The van der Waals surface area contributed by atoms with Gasteiger partial charge in [0.1, 0.15) is 0 Å². The molecule has 0 amide bonds. The molecule has 1 heterocycles. The fraction of sp³-hybridized carbons (Fsp3) is 0. The Balaban J connectivity index is 2.85. The van der Waals surface area contributed by atoms with Gasteiger partial charge < -0.3 is 0 Å². The SMILES string of the molecule is O=[N+]([O-])c1cc([N+](=O)[O-])c2c([N+](=O)[O-])c1[O][Pb][O]2. The van der Waals surface area contributed by atoms with Crippen LogP contribution in [0, 0.1) is 30.3 Å². The Morgan fingerprint density at radius 2 is 1.33 bits per heavy atom. The molecule has 2 radical (unpaired) electrons. The van der Waals surface area contributed by atoms with Gasteiger partial charge in [-0.1, -0.05) is 0 Å². The van der Waals surface area contributed by atoms with E-state index in [0.29, 0.717) is 6.07 Å². The summed E-state index contributed by atoms with van der Waals surface area (Å²) in [5.41, 5.74) is -2.46. The van der Waals surface area contributed by atoms with Gasteiger partial charge in [0.25, 0.3) is 0 Å². The fourth-order valence-electron chi connectivity index (χ4n) is 1.35. The molecule has 1 aliphatic rings. The molecular weight excluding hydrogens is 449 g/mol. The van der Waals surface area contributed by atoms with Crippen molar-refractivity contribution >= 4 is 42.2 Å². The van der Waals surface area contributed by atoms with Crippen LogP contribution in [0.1, 0.15) is 0 Å². The molecule has 2 rings (SSSR count). The van der Waals surface area contributed by atoms with E-state index in [9.17, 15) is 30.3 Å². The second-order valence-corrected chi connectivity index (χ2v) is 5.22. The minimum atomic E-state index is -2.30. The fourth-order valence-corrected chi connectivity index (χ4v) is 3.72. The topological polar surface area (TPSA) is 148 Å². The molecule has 1 aromatic carbocycles. The van der Waals surface area contributed by atoms with Crippen molar-refractivity contribution in [3.05, 3.63) is 36.4 Å². The number of hydrogen-bond donors (Lipinski definition) is 0. The van der Waals surface area contributed by atoms with Gasteiger partial charge in [-0.15, -0.1) is 0 Å². The Kier molecular flexibility index (Phi) is 2.97. The van der Waals surface area contributed by atoms with Crippen LogP contribution < -0.4 is 5.37 Å². The van der Waals surface area contributed by atoms with Crippen LogP contribution in [0.2, 0.25) is 0 Å². The van der Waals surface area contributed by atoms with Gasteiger partial charge in [0.15, 0.2) is 0 Å². The van der Waals surface area contributed by atoms with Crippen molar-refractivity contribution in [2.24, 2.45) is 0 Å². The summed E-state index contributed by atoms with van der Waals surface area (Å²) in [6.07, 6.45) is 0. The number of fused-ring (bicyclic) bond motifs is 2. The van der Waals surface area contributed by atoms with Crippen molar-refractivity contribution in [1.82, 2.24) is 0 Å². The average molecular weight is 450 g/mol. The van der Waals surface area contributed by atoms with E-state index in [1.54, 1.807) is 0 Å². The van der Waals surface area contributed by atoms with E-state index in [2.05, 4.69) is 0 Å². The quantitative estimate of drug-likeness (QED) is 0.372. The molecule has 0 N–H and O–H groups in total. The van der Waals surface area contributed by atoms with E-state index in [-0.39, 0.29) is 0 Å². The van der Waals surface area contributed by atoms with Gasteiger partial charge in [-0.2, -0.15) is 0 Å². The number of rotatable bonds is 3. The van der Waals surface area contributed by atoms with E-state index in [1.165, 1.54) is 0 Å². The summed E-state index contributed by atoms with van der Waals surface area (Å²) in [5.74, 6) is -1.11. The molecule has 2 bridgehead atoms. The molecule has 0 aromatic heterocycles. The minimum absolute atomic E-state index is 0.555. The van der Waals surface area contributed by atoms with Crippen molar-refractivity contribution in [3.8, 4) is 11.5 Å². The third kappa shape index (κ3) is 1.81. The van der Waals surface area contributed by atoms with Crippen LogP contribution >= 0.6 is 0 Å². The number of nitro groups is 3. The van der Waals surface area contributed by atoms with Crippen molar-refractivity contribution in [1.29, 1.82) is 0 Å². The average Bonchev–Trinajstić information content (AvgIpc) is 2.27. The number of nitrogens with zero attached hydrogens (tertiary/aromatic N) is 3. The standard InChI is InChI=1S/C6H3N3O8.Pb/c10-5-2(7(12)13)1-3(8(14)15)6(11)4(5)9(16)17;/h1,10-11H;/q;+2/p-2. The number of benzene rings is 1. The van der Waals surface area contributed by atoms with Crippen molar-refractivity contribution in [2.45, 2.75) is 0 Å². The third-order valence-corrected chi connectivity index (χ3v) is 4.27. The Morgan fingerprint density at radius 3 is 1.67 bits per heavy atom. The number of hydrogen-bond acceptors (Lipinski definition) is 8. The van der Waals surface area contributed by atoms with E-state index in [4.69, 9.17) is 5.37 Å². The zero-order chi connectivity index (χ0) is 13.4. The van der Waals surface area contributed by atoms with Gasteiger partial charge in [0.2, 0.25) is 0 Å². The van der Waals surface area contributed by atoms with Gasteiger partial charge in [0, 0.05) is 0 Å². The zero-order valence-electron chi connectivity index (χ0n) is 8.18. The Bertz CT molecular complexity index is 546.